The Labute approximate surface area is 146 Å². The molecule has 0 radical (unpaired) electrons. The molecule has 1 atom stereocenters. The van der Waals surface area contributed by atoms with Gasteiger partial charge in [-0.2, -0.15) is 0 Å². The molecule has 7 nitrogen and oxygen atoms in total. The summed E-state index contributed by atoms with van der Waals surface area (Å²) in [5.74, 6) is -0.774. The van der Waals surface area contributed by atoms with Crippen LogP contribution in [0.5, 0.6) is 0 Å². The Balaban J connectivity index is 1.48. The van der Waals surface area contributed by atoms with Crippen LogP contribution in [-0.4, -0.2) is 52.2 Å². The van der Waals surface area contributed by atoms with Crippen molar-refractivity contribution in [2.24, 2.45) is 5.73 Å². The normalized spacial score (nSPS) is 25.6. The van der Waals surface area contributed by atoms with Crippen molar-refractivity contribution in [3.05, 3.63) is 34.9 Å². The Kier molecular flexibility index (Phi) is 3.66. The van der Waals surface area contributed by atoms with E-state index >= 15 is 0 Å². The van der Waals surface area contributed by atoms with Crippen LogP contribution in [0.2, 0.25) is 0 Å². The highest BCUT2D eigenvalue weighted by Crippen LogP contribution is 2.29. The number of likely N-dealkylation sites (tertiary alicyclic amines) is 1. The molecule has 3 heterocycles. The number of rotatable bonds is 3. The molecule has 0 spiro atoms. The molecule has 1 unspecified atom stereocenters. The fourth-order valence-electron chi connectivity index (χ4n) is 4.07. The number of hydrogen-bond acceptors (Lipinski definition) is 5. The predicted molar refractivity (Wildman–Crippen MR) is 90.4 cm³/mol. The average Bonchev–Trinajstić information content (AvgIpc) is 2.82. The van der Waals surface area contributed by atoms with E-state index in [4.69, 9.17) is 5.73 Å². The van der Waals surface area contributed by atoms with E-state index in [0.717, 1.165) is 30.8 Å². The van der Waals surface area contributed by atoms with Gasteiger partial charge in [-0.25, -0.2) is 0 Å². The minimum atomic E-state index is -0.561. The van der Waals surface area contributed by atoms with Crippen LogP contribution in [0.3, 0.4) is 0 Å². The standard InChI is InChI=1S/C18H22N4O3/c1-18(19)9-21(10-18)7-11-2-3-13-12(6-11)8-22(17(13)25)14-4-5-15(23)20-16(14)24/h2-3,6,14H,4-5,7-10,19H2,1H3,(H,20,23,24). The summed E-state index contributed by atoms with van der Waals surface area (Å²) in [6.45, 7) is 5.01. The third kappa shape index (κ3) is 2.94. The van der Waals surface area contributed by atoms with Crippen molar-refractivity contribution in [2.45, 2.75) is 44.4 Å². The van der Waals surface area contributed by atoms with E-state index in [1.54, 1.807) is 4.90 Å². The highest BCUT2D eigenvalue weighted by Gasteiger charge is 2.39. The van der Waals surface area contributed by atoms with E-state index < -0.39 is 6.04 Å². The van der Waals surface area contributed by atoms with Gasteiger partial charge in [0.1, 0.15) is 6.04 Å². The molecule has 3 aliphatic rings. The Hall–Kier alpha value is -2.25. The number of fused-ring (bicyclic) bond motifs is 1. The number of benzene rings is 1. The molecule has 2 fully saturated rings. The summed E-state index contributed by atoms with van der Waals surface area (Å²) in [6.07, 6.45) is 0.661. The summed E-state index contributed by atoms with van der Waals surface area (Å²) < 4.78 is 0. The van der Waals surface area contributed by atoms with Crippen molar-refractivity contribution in [1.82, 2.24) is 15.1 Å². The second kappa shape index (κ2) is 5.64. The molecule has 25 heavy (non-hydrogen) atoms. The lowest BCUT2D eigenvalue weighted by atomic mass is 9.93. The zero-order valence-electron chi connectivity index (χ0n) is 14.2. The molecule has 132 valence electrons. The zero-order chi connectivity index (χ0) is 17.8. The number of imide groups is 1. The summed E-state index contributed by atoms with van der Waals surface area (Å²) in [5, 5.41) is 2.32. The third-order valence-electron chi connectivity index (χ3n) is 5.16. The monoisotopic (exact) mass is 342 g/mol. The Morgan fingerprint density at radius 3 is 2.72 bits per heavy atom. The van der Waals surface area contributed by atoms with E-state index in [0.29, 0.717) is 18.5 Å². The highest BCUT2D eigenvalue weighted by atomic mass is 16.2. The van der Waals surface area contributed by atoms with Crippen LogP contribution in [0, 0.1) is 0 Å². The number of carbonyl (C=O) groups excluding carboxylic acids is 3. The number of hydrogen-bond donors (Lipinski definition) is 2. The second-order valence-corrected chi connectivity index (χ2v) is 7.69. The summed E-state index contributed by atoms with van der Waals surface area (Å²) in [4.78, 5) is 39.9. The summed E-state index contributed by atoms with van der Waals surface area (Å²) in [7, 11) is 0. The number of nitrogens with one attached hydrogen (secondary N) is 1. The smallest absolute Gasteiger partial charge is 0.255 e. The topological polar surface area (TPSA) is 95.7 Å². The average molecular weight is 342 g/mol. The number of nitrogens with zero attached hydrogens (tertiary/aromatic N) is 2. The SMILES string of the molecule is CC1(N)CN(Cc2ccc3c(c2)CN(C2CCC(=O)NC2=O)C3=O)C1. The number of amides is 3. The van der Waals surface area contributed by atoms with Gasteiger partial charge in [0.25, 0.3) is 5.91 Å². The Bertz CT molecular complexity index is 766. The molecule has 3 amide bonds. The molecular weight excluding hydrogens is 320 g/mol. The molecule has 0 saturated carbocycles. The first-order valence-corrected chi connectivity index (χ1v) is 8.60. The molecule has 0 bridgehead atoms. The van der Waals surface area contributed by atoms with Gasteiger partial charge in [0.15, 0.2) is 0 Å². The van der Waals surface area contributed by atoms with Gasteiger partial charge in [0, 0.05) is 43.7 Å². The van der Waals surface area contributed by atoms with Crippen molar-refractivity contribution in [3.63, 3.8) is 0 Å². The lowest BCUT2D eigenvalue weighted by Crippen LogP contribution is -2.64. The van der Waals surface area contributed by atoms with Crippen molar-refractivity contribution in [2.75, 3.05) is 13.1 Å². The second-order valence-electron chi connectivity index (χ2n) is 7.69. The largest absolute Gasteiger partial charge is 0.323 e. The van der Waals surface area contributed by atoms with Crippen LogP contribution in [-0.2, 0) is 22.7 Å². The van der Waals surface area contributed by atoms with Gasteiger partial charge in [-0.1, -0.05) is 12.1 Å². The van der Waals surface area contributed by atoms with E-state index in [-0.39, 0.29) is 29.7 Å². The fraction of sp³-hybridized carbons (Fsp3) is 0.500. The maximum Gasteiger partial charge on any atom is 0.255 e. The maximum absolute atomic E-state index is 12.6. The van der Waals surface area contributed by atoms with Gasteiger partial charge >= 0.3 is 0 Å². The van der Waals surface area contributed by atoms with E-state index in [1.165, 1.54) is 0 Å². The molecule has 1 aromatic carbocycles. The Morgan fingerprint density at radius 1 is 1.28 bits per heavy atom. The van der Waals surface area contributed by atoms with Gasteiger partial charge in [0.2, 0.25) is 11.8 Å². The molecule has 1 aromatic rings. The van der Waals surface area contributed by atoms with Gasteiger partial charge in [-0.15, -0.1) is 0 Å². The van der Waals surface area contributed by atoms with Crippen LogP contribution in [0.25, 0.3) is 0 Å². The fourth-order valence-corrected chi connectivity index (χ4v) is 4.07. The lowest BCUT2D eigenvalue weighted by molar-refractivity contribution is -0.136. The Morgan fingerprint density at radius 2 is 2.04 bits per heavy atom. The van der Waals surface area contributed by atoms with Gasteiger partial charge < -0.3 is 10.6 Å². The van der Waals surface area contributed by atoms with Crippen molar-refractivity contribution in [1.29, 1.82) is 0 Å². The zero-order valence-corrected chi connectivity index (χ0v) is 14.2. The highest BCUT2D eigenvalue weighted by molar-refractivity contribution is 6.05. The van der Waals surface area contributed by atoms with E-state index in [2.05, 4.69) is 10.2 Å². The predicted octanol–water partition coefficient (Wildman–Crippen LogP) is -0.0194. The molecule has 2 saturated heterocycles. The minimum Gasteiger partial charge on any atom is -0.323 e. The maximum atomic E-state index is 12.6. The van der Waals surface area contributed by atoms with Gasteiger partial charge in [-0.05, 0) is 30.5 Å². The molecule has 3 N–H and O–H groups in total. The number of piperidine rings is 1. The quantitative estimate of drug-likeness (QED) is 0.753. The first kappa shape index (κ1) is 16.2. The van der Waals surface area contributed by atoms with E-state index in [1.807, 2.05) is 25.1 Å². The molecule has 0 aliphatic carbocycles. The first-order valence-electron chi connectivity index (χ1n) is 8.60. The van der Waals surface area contributed by atoms with Crippen LogP contribution in [0.1, 0.15) is 41.3 Å². The van der Waals surface area contributed by atoms with Gasteiger partial charge in [-0.3, -0.25) is 24.6 Å². The molecule has 7 heteroatoms. The minimum absolute atomic E-state index is 0.102. The molecule has 0 aromatic heterocycles. The van der Waals surface area contributed by atoms with Crippen LogP contribution < -0.4 is 11.1 Å². The van der Waals surface area contributed by atoms with Gasteiger partial charge in [0.05, 0.1) is 0 Å². The molecule has 4 rings (SSSR count). The summed E-state index contributed by atoms with van der Waals surface area (Å²) in [5.41, 5.74) is 8.69. The third-order valence-corrected chi connectivity index (χ3v) is 5.16. The summed E-state index contributed by atoms with van der Waals surface area (Å²) >= 11 is 0. The van der Waals surface area contributed by atoms with Crippen molar-refractivity contribution >= 4 is 17.7 Å². The molecule has 3 aliphatic heterocycles. The van der Waals surface area contributed by atoms with Crippen LogP contribution in [0.4, 0.5) is 0 Å². The first-order chi connectivity index (χ1) is 11.8. The van der Waals surface area contributed by atoms with Crippen LogP contribution >= 0.6 is 0 Å². The summed E-state index contributed by atoms with van der Waals surface area (Å²) in [6, 6.07) is 5.30. The number of nitrogens with two attached hydrogens (primary N) is 1. The van der Waals surface area contributed by atoms with Crippen LogP contribution in [0.15, 0.2) is 18.2 Å². The van der Waals surface area contributed by atoms with Crippen molar-refractivity contribution < 1.29 is 14.4 Å². The lowest BCUT2D eigenvalue weighted by Gasteiger charge is -2.45. The number of carbonyl (C=O) groups is 3. The molecular formula is C18H22N4O3. The van der Waals surface area contributed by atoms with E-state index in [9.17, 15) is 14.4 Å². The van der Waals surface area contributed by atoms with Crippen molar-refractivity contribution in [3.8, 4) is 0 Å².